The Kier molecular flexibility index (Phi) is 6.19. The first-order chi connectivity index (χ1) is 8.22. The zero-order valence-corrected chi connectivity index (χ0v) is 11.1. The number of hydrogen-bond donors (Lipinski definition) is 1. The number of likely N-dealkylation sites (N-methyl/N-ethyl adjacent to an activating group) is 1. The molecule has 1 rings (SSSR count). The van der Waals surface area contributed by atoms with E-state index >= 15 is 0 Å². The minimum absolute atomic E-state index is 0.287. The number of aryl methyl sites for hydroxylation is 1. The normalized spacial score (nSPS) is 13.0. The zero-order chi connectivity index (χ0) is 12.7. The molecular formula is C14H24N2O. The second-order valence-electron chi connectivity index (χ2n) is 4.29. The average Bonchev–Trinajstić information content (AvgIpc) is 2.34. The van der Waals surface area contributed by atoms with Crippen LogP contribution in [0.15, 0.2) is 24.3 Å². The van der Waals surface area contributed by atoms with Crippen molar-refractivity contribution >= 4 is 0 Å². The molecule has 0 aliphatic rings. The van der Waals surface area contributed by atoms with Gasteiger partial charge in [-0.05, 0) is 19.0 Å². The fourth-order valence-electron chi connectivity index (χ4n) is 2.12. The topological polar surface area (TPSA) is 38.5 Å². The van der Waals surface area contributed by atoms with E-state index in [1.165, 1.54) is 11.1 Å². The van der Waals surface area contributed by atoms with Crippen molar-refractivity contribution in [2.45, 2.75) is 19.9 Å². The van der Waals surface area contributed by atoms with E-state index in [4.69, 9.17) is 10.5 Å². The molecule has 3 nitrogen and oxygen atoms in total. The van der Waals surface area contributed by atoms with Crippen LogP contribution in [0.4, 0.5) is 0 Å². The lowest BCUT2D eigenvalue weighted by atomic mass is 10.0. The molecule has 0 bridgehead atoms. The second-order valence-corrected chi connectivity index (χ2v) is 4.29. The maximum atomic E-state index is 5.92. The van der Waals surface area contributed by atoms with E-state index < -0.39 is 0 Å². The molecule has 0 fully saturated rings. The summed E-state index contributed by atoms with van der Waals surface area (Å²) in [7, 11) is 1.73. The molecule has 0 saturated heterocycles. The van der Waals surface area contributed by atoms with Crippen LogP contribution in [0.2, 0.25) is 0 Å². The third-order valence-electron chi connectivity index (χ3n) is 3.08. The number of nitrogens with zero attached hydrogens (tertiary/aromatic N) is 1. The number of hydrogen-bond acceptors (Lipinski definition) is 3. The maximum absolute atomic E-state index is 5.92. The number of ether oxygens (including phenoxy) is 1. The van der Waals surface area contributed by atoms with Gasteiger partial charge in [-0.25, -0.2) is 0 Å². The van der Waals surface area contributed by atoms with Gasteiger partial charge in [-0.1, -0.05) is 36.8 Å². The van der Waals surface area contributed by atoms with Crippen LogP contribution < -0.4 is 5.73 Å². The first-order valence-corrected chi connectivity index (χ1v) is 6.22. The quantitative estimate of drug-likeness (QED) is 0.786. The molecule has 0 spiro atoms. The van der Waals surface area contributed by atoms with E-state index in [2.05, 4.69) is 43.0 Å². The van der Waals surface area contributed by atoms with Gasteiger partial charge < -0.3 is 10.5 Å². The highest BCUT2D eigenvalue weighted by Gasteiger charge is 2.17. The molecule has 0 amide bonds. The standard InChI is InChI=1S/C14H24N2O/c1-4-16(8-9-17-3)14(11-15)13-7-5-6-12(2)10-13/h5-7,10,14H,4,8-9,11,15H2,1-3H3. The molecular weight excluding hydrogens is 212 g/mol. The summed E-state index contributed by atoms with van der Waals surface area (Å²) in [6.45, 7) is 7.57. The highest BCUT2D eigenvalue weighted by molar-refractivity contribution is 5.25. The number of methoxy groups -OCH3 is 1. The van der Waals surface area contributed by atoms with Crippen LogP contribution in [0.1, 0.15) is 24.1 Å². The average molecular weight is 236 g/mol. The Labute approximate surface area is 105 Å². The van der Waals surface area contributed by atoms with E-state index in [0.29, 0.717) is 6.54 Å². The van der Waals surface area contributed by atoms with Crippen molar-refractivity contribution in [3.05, 3.63) is 35.4 Å². The molecule has 17 heavy (non-hydrogen) atoms. The summed E-state index contributed by atoms with van der Waals surface area (Å²) < 4.78 is 5.15. The molecule has 96 valence electrons. The Balaban J connectivity index is 2.81. The largest absolute Gasteiger partial charge is 0.383 e. The molecule has 1 atom stereocenters. The summed E-state index contributed by atoms with van der Waals surface area (Å²) in [4.78, 5) is 2.36. The predicted octanol–water partition coefficient (Wildman–Crippen LogP) is 1.96. The van der Waals surface area contributed by atoms with Crippen molar-refractivity contribution in [1.29, 1.82) is 0 Å². The van der Waals surface area contributed by atoms with Crippen molar-refractivity contribution in [1.82, 2.24) is 4.90 Å². The Morgan fingerprint density at radius 3 is 2.71 bits per heavy atom. The van der Waals surface area contributed by atoms with Crippen molar-refractivity contribution in [2.75, 3.05) is 33.4 Å². The van der Waals surface area contributed by atoms with Crippen LogP contribution in [0, 0.1) is 6.92 Å². The number of nitrogens with two attached hydrogens (primary N) is 1. The zero-order valence-electron chi connectivity index (χ0n) is 11.1. The Hall–Kier alpha value is -0.900. The van der Waals surface area contributed by atoms with Gasteiger partial charge in [-0.2, -0.15) is 0 Å². The molecule has 2 N–H and O–H groups in total. The number of benzene rings is 1. The van der Waals surface area contributed by atoms with Crippen LogP contribution in [0.3, 0.4) is 0 Å². The number of rotatable bonds is 7. The first-order valence-electron chi connectivity index (χ1n) is 6.22. The first kappa shape index (κ1) is 14.2. The monoisotopic (exact) mass is 236 g/mol. The molecule has 0 aliphatic carbocycles. The van der Waals surface area contributed by atoms with Crippen molar-refractivity contribution < 1.29 is 4.74 Å². The lowest BCUT2D eigenvalue weighted by Crippen LogP contribution is -2.36. The summed E-state index contributed by atoms with van der Waals surface area (Å²) >= 11 is 0. The SMILES string of the molecule is CCN(CCOC)C(CN)c1cccc(C)c1. The highest BCUT2D eigenvalue weighted by Crippen LogP contribution is 2.20. The van der Waals surface area contributed by atoms with Gasteiger partial charge in [-0.15, -0.1) is 0 Å². The van der Waals surface area contributed by atoms with Gasteiger partial charge in [0, 0.05) is 26.2 Å². The van der Waals surface area contributed by atoms with Gasteiger partial charge in [0.1, 0.15) is 0 Å². The lowest BCUT2D eigenvalue weighted by molar-refractivity contribution is 0.125. The van der Waals surface area contributed by atoms with Crippen molar-refractivity contribution in [2.24, 2.45) is 5.73 Å². The molecule has 0 heterocycles. The van der Waals surface area contributed by atoms with E-state index in [0.717, 1.165) is 19.7 Å². The fraction of sp³-hybridized carbons (Fsp3) is 0.571. The fourth-order valence-corrected chi connectivity index (χ4v) is 2.12. The second kappa shape index (κ2) is 7.43. The van der Waals surface area contributed by atoms with E-state index in [1.54, 1.807) is 7.11 Å². The van der Waals surface area contributed by atoms with Gasteiger partial charge in [0.2, 0.25) is 0 Å². The van der Waals surface area contributed by atoms with Crippen molar-refractivity contribution in [3.8, 4) is 0 Å². The van der Waals surface area contributed by atoms with E-state index in [9.17, 15) is 0 Å². The van der Waals surface area contributed by atoms with E-state index in [1.807, 2.05) is 0 Å². The highest BCUT2D eigenvalue weighted by atomic mass is 16.5. The lowest BCUT2D eigenvalue weighted by Gasteiger charge is -2.30. The smallest absolute Gasteiger partial charge is 0.0589 e. The summed E-state index contributed by atoms with van der Waals surface area (Å²) in [5.41, 5.74) is 8.50. The maximum Gasteiger partial charge on any atom is 0.0589 e. The van der Waals surface area contributed by atoms with Gasteiger partial charge >= 0.3 is 0 Å². The van der Waals surface area contributed by atoms with Crippen LogP contribution in [0.25, 0.3) is 0 Å². The van der Waals surface area contributed by atoms with E-state index in [-0.39, 0.29) is 6.04 Å². The molecule has 1 aromatic carbocycles. The van der Waals surface area contributed by atoms with Crippen LogP contribution in [-0.2, 0) is 4.74 Å². The summed E-state index contributed by atoms with van der Waals surface area (Å²) in [5.74, 6) is 0. The van der Waals surface area contributed by atoms with Crippen LogP contribution in [0.5, 0.6) is 0 Å². The third kappa shape index (κ3) is 4.11. The predicted molar refractivity (Wildman–Crippen MR) is 72.1 cm³/mol. The summed E-state index contributed by atoms with van der Waals surface area (Å²) in [6, 6.07) is 8.86. The van der Waals surface area contributed by atoms with Gasteiger partial charge in [-0.3, -0.25) is 4.90 Å². The third-order valence-corrected chi connectivity index (χ3v) is 3.08. The van der Waals surface area contributed by atoms with Gasteiger partial charge in [0.05, 0.1) is 6.61 Å². The molecule has 1 aromatic rings. The van der Waals surface area contributed by atoms with Crippen molar-refractivity contribution in [3.63, 3.8) is 0 Å². The van der Waals surface area contributed by atoms with Crippen LogP contribution >= 0.6 is 0 Å². The van der Waals surface area contributed by atoms with Gasteiger partial charge in [0.25, 0.3) is 0 Å². The Morgan fingerprint density at radius 2 is 2.18 bits per heavy atom. The molecule has 3 heteroatoms. The molecule has 0 radical (unpaired) electrons. The Bertz CT molecular complexity index is 328. The molecule has 0 aromatic heterocycles. The Morgan fingerprint density at radius 1 is 1.41 bits per heavy atom. The molecule has 0 aliphatic heterocycles. The summed E-state index contributed by atoms with van der Waals surface area (Å²) in [5, 5.41) is 0. The minimum atomic E-state index is 0.287. The molecule has 0 saturated carbocycles. The van der Waals surface area contributed by atoms with Crippen LogP contribution in [-0.4, -0.2) is 38.3 Å². The van der Waals surface area contributed by atoms with Gasteiger partial charge in [0.15, 0.2) is 0 Å². The summed E-state index contributed by atoms with van der Waals surface area (Å²) in [6.07, 6.45) is 0. The molecule has 1 unspecified atom stereocenters. The minimum Gasteiger partial charge on any atom is -0.383 e.